The fourth-order valence-electron chi connectivity index (χ4n) is 4.48. The van der Waals surface area contributed by atoms with Crippen molar-refractivity contribution in [1.82, 2.24) is 34.4 Å². The molecule has 0 unspecified atom stereocenters. The van der Waals surface area contributed by atoms with Crippen molar-refractivity contribution in [3.63, 3.8) is 0 Å². The summed E-state index contributed by atoms with van der Waals surface area (Å²) in [6.07, 6.45) is 7.73. The number of nitrogens with zero attached hydrogens (tertiary/aromatic N) is 6. The van der Waals surface area contributed by atoms with Gasteiger partial charge in [-0.2, -0.15) is 5.10 Å². The molecule has 8 heteroatoms. The lowest BCUT2D eigenvalue weighted by atomic mass is 9.83. The molecule has 1 N–H and O–H groups in total. The topological polar surface area (TPSA) is 71.2 Å². The molecule has 1 spiro atoms. The quantitative estimate of drug-likeness (QED) is 0.876. The number of hydrogen-bond donors (Lipinski definition) is 1. The minimum absolute atomic E-state index is 0.0569. The number of likely N-dealkylation sites (N-methyl/N-ethyl adjacent to an activating group) is 1. The predicted molar refractivity (Wildman–Crippen MR) is 108 cm³/mol. The third-order valence-corrected chi connectivity index (χ3v) is 6.20. The smallest absolute Gasteiger partial charge is 0.317 e. The fourth-order valence-corrected chi connectivity index (χ4v) is 4.48. The van der Waals surface area contributed by atoms with E-state index in [1.54, 1.807) is 0 Å². The molecule has 0 saturated carbocycles. The van der Waals surface area contributed by atoms with E-state index in [0.717, 1.165) is 62.6 Å². The largest absolute Gasteiger partial charge is 0.338 e. The molecule has 0 bridgehead atoms. The Kier molecular flexibility index (Phi) is 4.91. The number of aromatic nitrogens is 4. The number of carbonyl (C=O) groups excluding carboxylic acids is 1. The minimum atomic E-state index is -0.104. The van der Waals surface area contributed by atoms with Gasteiger partial charge in [0.1, 0.15) is 5.82 Å². The number of likely N-dealkylation sites (tertiary alicyclic amines) is 1. The maximum Gasteiger partial charge on any atom is 0.317 e. The average molecular weight is 386 g/mol. The Morgan fingerprint density at radius 3 is 2.57 bits per heavy atom. The van der Waals surface area contributed by atoms with E-state index in [1.165, 1.54) is 0 Å². The van der Waals surface area contributed by atoms with E-state index in [9.17, 15) is 4.79 Å². The Balaban J connectivity index is 1.55. The van der Waals surface area contributed by atoms with Crippen LogP contribution in [0.15, 0.2) is 18.6 Å². The Labute approximate surface area is 166 Å². The van der Waals surface area contributed by atoms with Crippen molar-refractivity contribution in [2.24, 2.45) is 13.0 Å². The molecule has 0 radical (unpaired) electrons. The van der Waals surface area contributed by atoms with Gasteiger partial charge >= 0.3 is 6.03 Å². The summed E-state index contributed by atoms with van der Waals surface area (Å²) in [5.74, 6) is 1.59. The van der Waals surface area contributed by atoms with E-state index in [4.69, 9.17) is 4.98 Å². The molecule has 2 aliphatic heterocycles. The lowest BCUT2D eigenvalue weighted by molar-refractivity contribution is 0.0186. The van der Waals surface area contributed by atoms with Crippen LogP contribution in [-0.2, 0) is 19.1 Å². The minimum Gasteiger partial charge on any atom is -0.338 e. The highest BCUT2D eigenvalue weighted by Crippen LogP contribution is 2.41. The molecule has 152 valence electrons. The summed E-state index contributed by atoms with van der Waals surface area (Å²) in [5, 5.41) is 7.36. The van der Waals surface area contributed by atoms with E-state index >= 15 is 0 Å². The summed E-state index contributed by atoms with van der Waals surface area (Å²) in [6.45, 7) is 8.36. The number of urea groups is 1. The van der Waals surface area contributed by atoms with Crippen LogP contribution in [0.25, 0.3) is 11.3 Å². The van der Waals surface area contributed by atoms with Crippen LogP contribution in [0.2, 0.25) is 0 Å². The second kappa shape index (κ2) is 7.24. The lowest BCUT2D eigenvalue weighted by Crippen LogP contribution is -2.58. The fraction of sp³-hybridized carbons (Fsp3) is 0.650. The summed E-state index contributed by atoms with van der Waals surface area (Å²) in [4.78, 5) is 21.7. The zero-order valence-electron chi connectivity index (χ0n) is 17.4. The van der Waals surface area contributed by atoms with E-state index in [2.05, 4.69) is 40.8 Å². The molecule has 2 aromatic rings. The molecule has 2 amide bonds. The number of imidazole rings is 1. The molecule has 2 aliphatic rings. The molecule has 8 nitrogen and oxygen atoms in total. The zero-order valence-corrected chi connectivity index (χ0v) is 17.4. The molecule has 4 rings (SSSR count). The van der Waals surface area contributed by atoms with Gasteiger partial charge in [0, 0.05) is 51.5 Å². The summed E-state index contributed by atoms with van der Waals surface area (Å²) in [5.41, 5.74) is 2.13. The molecule has 4 heterocycles. The highest BCUT2D eigenvalue weighted by molar-refractivity contribution is 5.74. The Morgan fingerprint density at radius 1 is 1.18 bits per heavy atom. The number of aryl methyl sites for hydroxylation is 1. The van der Waals surface area contributed by atoms with E-state index in [1.807, 2.05) is 35.2 Å². The first-order chi connectivity index (χ1) is 13.4. The van der Waals surface area contributed by atoms with Crippen LogP contribution in [0.4, 0.5) is 4.79 Å². The van der Waals surface area contributed by atoms with Crippen LogP contribution in [0.1, 0.15) is 32.5 Å². The third kappa shape index (κ3) is 3.19. The summed E-state index contributed by atoms with van der Waals surface area (Å²) in [7, 11) is 4.13. The van der Waals surface area contributed by atoms with Gasteiger partial charge in [0.05, 0.1) is 23.6 Å². The van der Waals surface area contributed by atoms with Crippen molar-refractivity contribution in [2.75, 3.05) is 33.2 Å². The Hall–Kier alpha value is -2.35. The van der Waals surface area contributed by atoms with Crippen LogP contribution >= 0.6 is 0 Å². The second-order valence-corrected chi connectivity index (χ2v) is 8.54. The summed E-state index contributed by atoms with van der Waals surface area (Å²) in [6, 6.07) is 0.0569. The molecule has 0 aliphatic carbocycles. The first-order valence-corrected chi connectivity index (χ1v) is 10.2. The maximum atomic E-state index is 12.5. The van der Waals surface area contributed by atoms with Crippen LogP contribution in [0.5, 0.6) is 0 Å². The molecule has 1 fully saturated rings. The normalized spacial score (nSPS) is 19.2. The van der Waals surface area contributed by atoms with Crippen molar-refractivity contribution >= 4 is 6.03 Å². The first-order valence-electron chi connectivity index (χ1n) is 10.2. The monoisotopic (exact) mass is 385 g/mol. The summed E-state index contributed by atoms with van der Waals surface area (Å²) < 4.78 is 4.18. The second-order valence-electron chi connectivity index (χ2n) is 8.54. The predicted octanol–water partition coefficient (Wildman–Crippen LogP) is 1.89. The summed E-state index contributed by atoms with van der Waals surface area (Å²) >= 11 is 0. The van der Waals surface area contributed by atoms with Crippen LogP contribution in [-0.4, -0.2) is 68.4 Å². The van der Waals surface area contributed by atoms with Gasteiger partial charge in [-0.3, -0.25) is 9.58 Å². The van der Waals surface area contributed by atoms with Gasteiger partial charge in [0.25, 0.3) is 0 Å². The molecular weight excluding hydrogens is 354 g/mol. The number of nitrogens with one attached hydrogen (secondary N) is 1. The van der Waals surface area contributed by atoms with Crippen molar-refractivity contribution in [3.05, 3.63) is 24.4 Å². The van der Waals surface area contributed by atoms with Gasteiger partial charge < -0.3 is 14.8 Å². The van der Waals surface area contributed by atoms with Crippen molar-refractivity contribution in [2.45, 2.75) is 38.8 Å². The Bertz CT molecular complexity index is 845. The molecular formula is C20H31N7O. The van der Waals surface area contributed by atoms with Crippen LogP contribution < -0.4 is 5.32 Å². The van der Waals surface area contributed by atoms with Crippen molar-refractivity contribution in [3.8, 4) is 11.3 Å². The van der Waals surface area contributed by atoms with Gasteiger partial charge in [-0.1, -0.05) is 13.8 Å². The van der Waals surface area contributed by atoms with Crippen LogP contribution in [0, 0.1) is 5.92 Å². The van der Waals surface area contributed by atoms with Gasteiger partial charge in [-0.05, 0) is 25.8 Å². The molecule has 28 heavy (non-hydrogen) atoms. The molecule has 0 atom stereocenters. The number of rotatable bonds is 3. The SMILES string of the molecule is CC(C)CNC(=O)N1CCC2(CC1)c1ncc(-c3cnn(C)c3)n1CCN2C. The molecule has 2 aromatic heterocycles. The first kappa shape index (κ1) is 19.0. The number of carbonyl (C=O) groups is 1. The highest BCUT2D eigenvalue weighted by atomic mass is 16.2. The Morgan fingerprint density at radius 2 is 1.93 bits per heavy atom. The molecule has 0 aromatic carbocycles. The zero-order chi connectivity index (χ0) is 19.9. The standard InChI is InChI=1S/C20H31N7O/c1-15(2)11-22-19(28)26-7-5-20(6-8-26)18-21-13-17(16-12-23-25(4)14-16)27(18)10-9-24(20)3/h12-15H,5-11H2,1-4H3,(H,22,28). The van der Waals surface area contributed by atoms with Gasteiger partial charge in [0.2, 0.25) is 0 Å². The van der Waals surface area contributed by atoms with E-state index in [-0.39, 0.29) is 11.6 Å². The number of piperidine rings is 1. The number of fused-ring (bicyclic) bond motifs is 2. The maximum absolute atomic E-state index is 12.5. The molecule has 1 saturated heterocycles. The van der Waals surface area contributed by atoms with Gasteiger partial charge in [-0.25, -0.2) is 9.78 Å². The number of hydrogen-bond acceptors (Lipinski definition) is 4. The van der Waals surface area contributed by atoms with Crippen LogP contribution in [0.3, 0.4) is 0 Å². The lowest BCUT2D eigenvalue weighted by Gasteiger charge is -2.49. The number of amides is 2. The van der Waals surface area contributed by atoms with E-state index < -0.39 is 0 Å². The van der Waals surface area contributed by atoms with Gasteiger partial charge in [-0.15, -0.1) is 0 Å². The van der Waals surface area contributed by atoms with Gasteiger partial charge in [0.15, 0.2) is 0 Å². The van der Waals surface area contributed by atoms with Crippen molar-refractivity contribution < 1.29 is 4.79 Å². The average Bonchev–Trinajstić information content (AvgIpc) is 3.30. The van der Waals surface area contributed by atoms with Crippen molar-refractivity contribution in [1.29, 1.82) is 0 Å². The highest BCUT2D eigenvalue weighted by Gasteiger charge is 2.46. The van der Waals surface area contributed by atoms with E-state index in [0.29, 0.717) is 5.92 Å². The third-order valence-electron chi connectivity index (χ3n) is 6.20.